The van der Waals surface area contributed by atoms with Crippen molar-refractivity contribution in [3.63, 3.8) is 0 Å². The maximum absolute atomic E-state index is 12.1. The van der Waals surface area contributed by atoms with E-state index in [1.165, 1.54) is 0 Å². The fraction of sp³-hybridized carbons (Fsp3) is 0.417. The fourth-order valence-corrected chi connectivity index (χ4v) is 3.48. The van der Waals surface area contributed by atoms with Gasteiger partial charge in [-0.2, -0.15) is 0 Å². The summed E-state index contributed by atoms with van der Waals surface area (Å²) in [4.78, 5) is 25.2. The number of hydrogen-bond donors (Lipinski definition) is 3. The number of nitrogens with zero attached hydrogens (tertiary/aromatic N) is 1. The van der Waals surface area contributed by atoms with Gasteiger partial charge in [0.05, 0.1) is 7.11 Å². The molecule has 2 aromatic carbocycles. The van der Waals surface area contributed by atoms with Crippen LogP contribution in [0.5, 0.6) is 5.75 Å². The second-order valence-corrected chi connectivity index (χ2v) is 8.01. The van der Waals surface area contributed by atoms with Crippen LogP contribution in [0.1, 0.15) is 43.4 Å². The Morgan fingerprint density at radius 3 is 2.31 bits per heavy atom. The largest absolute Gasteiger partial charge is 0.497 e. The van der Waals surface area contributed by atoms with Crippen molar-refractivity contribution in [1.82, 2.24) is 15.5 Å². The van der Waals surface area contributed by atoms with Crippen molar-refractivity contribution in [3.05, 3.63) is 64.7 Å². The third kappa shape index (κ3) is 9.16. The lowest BCUT2D eigenvalue weighted by Gasteiger charge is -2.29. The number of amides is 2. The average molecular weight is 462 g/mol. The molecule has 1 atom stereocenters. The number of benzene rings is 2. The van der Waals surface area contributed by atoms with Crippen molar-refractivity contribution < 1.29 is 19.4 Å². The van der Waals surface area contributed by atoms with E-state index in [0.29, 0.717) is 31.1 Å². The van der Waals surface area contributed by atoms with Gasteiger partial charge in [0.25, 0.3) is 0 Å². The lowest BCUT2D eigenvalue weighted by atomic mass is 10.1. The molecule has 174 valence electrons. The maximum Gasteiger partial charge on any atom is 0.315 e. The Hall–Kier alpha value is -2.77. The summed E-state index contributed by atoms with van der Waals surface area (Å²) in [5.41, 5.74) is 2.11. The maximum atomic E-state index is 12.1. The topological polar surface area (TPSA) is 90.9 Å². The first kappa shape index (κ1) is 25.5. The van der Waals surface area contributed by atoms with E-state index in [9.17, 15) is 9.59 Å². The minimum Gasteiger partial charge on any atom is -0.497 e. The van der Waals surface area contributed by atoms with Gasteiger partial charge in [0.15, 0.2) is 0 Å². The van der Waals surface area contributed by atoms with Gasteiger partial charge < -0.3 is 20.5 Å². The van der Waals surface area contributed by atoms with Gasteiger partial charge in [-0.3, -0.25) is 9.69 Å². The van der Waals surface area contributed by atoms with Crippen LogP contribution in [0.2, 0.25) is 5.02 Å². The smallest absolute Gasteiger partial charge is 0.315 e. The van der Waals surface area contributed by atoms with Gasteiger partial charge in [0.2, 0.25) is 0 Å². The summed E-state index contributed by atoms with van der Waals surface area (Å²) in [5, 5.41) is 15.4. The highest BCUT2D eigenvalue weighted by Gasteiger charge is 2.16. The second-order valence-electron chi connectivity index (χ2n) is 7.57. The normalized spacial score (nSPS) is 11.8. The Balaban J connectivity index is 1.78. The molecular formula is C24H32ClN3O4. The van der Waals surface area contributed by atoms with Crippen LogP contribution in [0, 0.1) is 0 Å². The molecule has 0 heterocycles. The van der Waals surface area contributed by atoms with E-state index in [1.54, 1.807) is 7.11 Å². The minimum atomic E-state index is -0.792. The molecule has 0 radical (unpaired) electrons. The molecule has 2 amide bonds. The van der Waals surface area contributed by atoms with Gasteiger partial charge in [-0.05, 0) is 61.7 Å². The van der Waals surface area contributed by atoms with E-state index in [2.05, 4.69) is 22.5 Å². The molecule has 32 heavy (non-hydrogen) atoms. The van der Waals surface area contributed by atoms with Crippen molar-refractivity contribution in [2.45, 2.75) is 38.8 Å². The van der Waals surface area contributed by atoms with Gasteiger partial charge in [-0.25, -0.2) is 4.79 Å². The molecule has 0 aliphatic heterocycles. The SMILES string of the molecule is COc1ccc(CNC(=O)NCCCN(CCCC(=O)O)C(C)c2ccc(Cl)cc2)cc1. The van der Waals surface area contributed by atoms with Crippen LogP contribution in [-0.4, -0.2) is 48.8 Å². The van der Waals surface area contributed by atoms with Crippen molar-refractivity contribution in [2.24, 2.45) is 0 Å². The van der Waals surface area contributed by atoms with E-state index < -0.39 is 5.97 Å². The molecule has 0 saturated heterocycles. The van der Waals surface area contributed by atoms with Crippen LogP contribution in [0.4, 0.5) is 4.79 Å². The van der Waals surface area contributed by atoms with Crippen LogP contribution in [-0.2, 0) is 11.3 Å². The van der Waals surface area contributed by atoms with Crippen LogP contribution >= 0.6 is 11.6 Å². The third-order valence-corrected chi connectivity index (χ3v) is 5.51. The first-order valence-electron chi connectivity index (χ1n) is 10.7. The summed E-state index contributed by atoms with van der Waals surface area (Å²) >= 11 is 5.99. The number of ether oxygens (including phenoxy) is 1. The molecule has 2 aromatic rings. The predicted octanol–water partition coefficient (Wildman–Crippen LogP) is 4.47. The molecule has 3 N–H and O–H groups in total. The Morgan fingerprint density at radius 1 is 1.03 bits per heavy atom. The van der Waals surface area contributed by atoms with Crippen LogP contribution < -0.4 is 15.4 Å². The molecule has 0 bridgehead atoms. The third-order valence-electron chi connectivity index (χ3n) is 5.26. The Kier molecular flexibility index (Phi) is 10.8. The summed E-state index contributed by atoms with van der Waals surface area (Å²) < 4.78 is 5.13. The summed E-state index contributed by atoms with van der Waals surface area (Å²) in [6.45, 7) is 4.46. The zero-order chi connectivity index (χ0) is 23.3. The van der Waals surface area contributed by atoms with Crippen molar-refractivity contribution in [3.8, 4) is 5.75 Å². The summed E-state index contributed by atoms with van der Waals surface area (Å²) in [5.74, 6) is -0.0155. The number of hydrogen-bond acceptors (Lipinski definition) is 4. The van der Waals surface area contributed by atoms with Crippen molar-refractivity contribution >= 4 is 23.6 Å². The summed E-state index contributed by atoms with van der Waals surface area (Å²) in [6.07, 6.45) is 1.46. The van der Waals surface area contributed by atoms with Gasteiger partial charge in [0, 0.05) is 37.1 Å². The minimum absolute atomic E-state index is 0.116. The standard InChI is InChI=1S/C24H32ClN3O4/c1-18(20-8-10-21(25)11-9-20)28(15-3-5-23(29)30)16-4-14-26-24(31)27-17-19-6-12-22(32-2)13-7-19/h6-13,18H,3-5,14-17H2,1-2H3,(H,29,30)(H2,26,27,31). The number of carboxylic acids is 1. The average Bonchev–Trinajstić information content (AvgIpc) is 2.79. The molecule has 0 aliphatic rings. The Bertz CT molecular complexity index is 843. The fourth-order valence-electron chi connectivity index (χ4n) is 3.36. The van der Waals surface area contributed by atoms with E-state index in [0.717, 1.165) is 29.8 Å². The van der Waals surface area contributed by atoms with E-state index >= 15 is 0 Å². The van der Waals surface area contributed by atoms with Gasteiger partial charge in [-0.15, -0.1) is 0 Å². The first-order valence-corrected chi connectivity index (χ1v) is 11.1. The predicted molar refractivity (Wildman–Crippen MR) is 126 cm³/mol. The van der Waals surface area contributed by atoms with Crippen molar-refractivity contribution in [1.29, 1.82) is 0 Å². The first-order chi connectivity index (χ1) is 15.4. The lowest BCUT2D eigenvalue weighted by molar-refractivity contribution is -0.137. The van der Waals surface area contributed by atoms with E-state index in [4.69, 9.17) is 21.4 Å². The monoisotopic (exact) mass is 461 g/mol. The van der Waals surface area contributed by atoms with Crippen LogP contribution in [0.15, 0.2) is 48.5 Å². The van der Waals surface area contributed by atoms with Gasteiger partial charge >= 0.3 is 12.0 Å². The molecule has 0 spiro atoms. The highest BCUT2D eigenvalue weighted by atomic mass is 35.5. The number of urea groups is 1. The molecule has 1 unspecified atom stereocenters. The summed E-state index contributed by atoms with van der Waals surface area (Å²) in [6, 6.07) is 15.1. The Labute approximate surface area is 194 Å². The second kappa shape index (κ2) is 13.6. The lowest BCUT2D eigenvalue weighted by Crippen LogP contribution is -2.37. The number of carboxylic acid groups (broad SMARTS) is 1. The zero-order valence-corrected chi connectivity index (χ0v) is 19.4. The van der Waals surface area contributed by atoms with E-state index in [1.807, 2.05) is 48.5 Å². The molecule has 2 rings (SSSR count). The number of methoxy groups -OCH3 is 1. The van der Waals surface area contributed by atoms with Gasteiger partial charge in [0.1, 0.15) is 5.75 Å². The van der Waals surface area contributed by atoms with Crippen molar-refractivity contribution in [2.75, 3.05) is 26.7 Å². The number of aliphatic carboxylic acids is 1. The van der Waals surface area contributed by atoms with Crippen LogP contribution in [0.3, 0.4) is 0 Å². The molecule has 0 saturated carbocycles. The number of nitrogens with one attached hydrogen (secondary N) is 2. The molecule has 7 nitrogen and oxygen atoms in total. The Morgan fingerprint density at radius 2 is 1.69 bits per heavy atom. The van der Waals surface area contributed by atoms with E-state index in [-0.39, 0.29) is 18.5 Å². The van der Waals surface area contributed by atoms with Gasteiger partial charge in [-0.1, -0.05) is 35.9 Å². The highest BCUT2D eigenvalue weighted by molar-refractivity contribution is 6.30. The quantitative estimate of drug-likeness (QED) is 0.383. The van der Waals surface area contributed by atoms with Crippen LogP contribution in [0.25, 0.3) is 0 Å². The molecule has 0 fully saturated rings. The molecule has 0 aliphatic carbocycles. The molecular weight excluding hydrogens is 430 g/mol. The zero-order valence-electron chi connectivity index (χ0n) is 18.6. The highest BCUT2D eigenvalue weighted by Crippen LogP contribution is 2.22. The molecule has 0 aromatic heterocycles. The molecule has 8 heteroatoms. The number of rotatable bonds is 13. The number of carbonyl (C=O) groups is 2. The summed E-state index contributed by atoms with van der Waals surface area (Å²) in [7, 11) is 1.62. The number of halogens is 1. The number of carbonyl (C=O) groups excluding carboxylic acids is 1.